The molecule has 0 saturated heterocycles. The van der Waals surface area contributed by atoms with Crippen molar-refractivity contribution in [3.05, 3.63) is 47.8 Å². The molecule has 2 rings (SSSR count). The molecule has 2 heterocycles. The molecule has 2 aromatic heterocycles. The minimum Gasteiger partial charge on any atom is -0.481 e. The van der Waals surface area contributed by atoms with E-state index >= 15 is 0 Å². The standard InChI is InChI=1S/C13H14N4O2/c1-19-11-7-9(4-6-15-11)8-17-13(18)10-3-2-5-16-12(10)14/h2-7H,8H2,1H3,(H2,14,16)(H,17,18). The van der Waals surface area contributed by atoms with Crippen LogP contribution in [0.2, 0.25) is 0 Å². The van der Waals surface area contributed by atoms with Crippen LogP contribution in [-0.4, -0.2) is 23.0 Å². The SMILES string of the molecule is COc1cc(CNC(=O)c2cccnc2N)ccn1. The maximum absolute atomic E-state index is 11.9. The number of pyridine rings is 2. The number of nitrogens with two attached hydrogens (primary N) is 1. The molecule has 0 atom stereocenters. The fourth-order valence-corrected chi connectivity index (χ4v) is 1.56. The van der Waals surface area contributed by atoms with Gasteiger partial charge in [-0.1, -0.05) is 0 Å². The number of nitrogen functional groups attached to an aromatic ring is 1. The Bertz CT molecular complexity index is 586. The summed E-state index contributed by atoms with van der Waals surface area (Å²) in [7, 11) is 1.54. The third kappa shape index (κ3) is 3.19. The second kappa shape index (κ2) is 5.81. The summed E-state index contributed by atoms with van der Waals surface area (Å²) in [5.74, 6) is 0.460. The Labute approximate surface area is 110 Å². The summed E-state index contributed by atoms with van der Waals surface area (Å²) in [6.45, 7) is 0.367. The molecule has 0 aliphatic carbocycles. The van der Waals surface area contributed by atoms with Gasteiger partial charge in [0.05, 0.1) is 12.7 Å². The van der Waals surface area contributed by atoms with Gasteiger partial charge in [0.25, 0.3) is 5.91 Å². The van der Waals surface area contributed by atoms with Gasteiger partial charge >= 0.3 is 0 Å². The van der Waals surface area contributed by atoms with Crippen LogP contribution in [0.4, 0.5) is 5.82 Å². The molecular formula is C13H14N4O2. The monoisotopic (exact) mass is 258 g/mol. The summed E-state index contributed by atoms with van der Waals surface area (Å²) in [4.78, 5) is 19.8. The number of methoxy groups -OCH3 is 1. The molecule has 1 amide bonds. The van der Waals surface area contributed by atoms with Gasteiger partial charge in [0.2, 0.25) is 5.88 Å². The second-order valence-corrected chi connectivity index (χ2v) is 3.83. The van der Waals surface area contributed by atoms with Crippen molar-refractivity contribution < 1.29 is 9.53 Å². The van der Waals surface area contributed by atoms with E-state index < -0.39 is 0 Å². The smallest absolute Gasteiger partial charge is 0.255 e. The molecule has 0 aliphatic heterocycles. The summed E-state index contributed by atoms with van der Waals surface area (Å²) in [6, 6.07) is 6.85. The Balaban J connectivity index is 2.02. The van der Waals surface area contributed by atoms with Crippen LogP contribution in [0, 0.1) is 0 Å². The largest absolute Gasteiger partial charge is 0.481 e. The summed E-state index contributed by atoms with van der Waals surface area (Å²) in [5.41, 5.74) is 6.89. The van der Waals surface area contributed by atoms with E-state index in [4.69, 9.17) is 10.5 Å². The number of carbonyl (C=O) groups excluding carboxylic acids is 1. The van der Waals surface area contributed by atoms with Gasteiger partial charge in [0, 0.05) is 25.0 Å². The zero-order valence-electron chi connectivity index (χ0n) is 10.5. The van der Waals surface area contributed by atoms with Crippen LogP contribution in [0.25, 0.3) is 0 Å². The molecular weight excluding hydrogens is 244 g/mol. The quantitative estimate of drug-likeness (QED) is 0.853. The van der Waals surface area contributed by atoms with Crippen LogP contribution >= 0.6 is 0 Å². The van der Waals surface area contributed by atoms with Crippen molar-refractivity contribution in [2.75, 3.05) is 12.8 Å². The molecule has 0 aromatic carbocycles. The highest BCUT2D eigenvalue weighted by molar-refractivity contribution is 5.98. The minimum absolute atomic E-state index is 0.215. The van der Waals surface area contributed by atoms with Crippen molar-refractivity contribution in [2.45, 2.75) is 6.54 Å². The molecule has 2 aromatic rings. The van der Waals surface area contributed by atoms with Gasteiger partial charge < -0.3 is 15.8 Å². The Morgan fingerprint density at radius 3 is 2.95 bits per heavy atom. The first-order valence-corrected chi connectivity index (χ1v) is 5.68. The third-order valence-electron chi connectivity index (χ3n) is 2.54. The first-order chi connectivity index (χ1) is 9.20. The molecule has 19 heavy (non-hydrogen) atoms. The number of nitrogens with zero attached hydrogens (tertiary/aromatic N) is 2. The lowest BCUT2D eigenvalue weighted by molar-refractivity contribution is 0.0951. The second-order valence-electron chi connectivity index (χ2n) is 3.83. The Kier molecular flexibility index (Phi) is 3.92. The van der Waals surface area contributed by atoms with Gasteiger partial charge in [-0.3, -0.25) is 4.79 Å². The first-order valence-electron chi connectivity index (χ1n) is 5.68. The lowest BCUT2D eigenvalue weighted by Crippen LogP contribution is -2.24. The van der Waals surface area contributed by atoms with Crippen LogP contribution < -0.4 is 15.8 Å². The van der Waals surface area contributed by atoms with Gasteiger partial charge in [-0.15, -0.1) is 0 Å². The maximum atomic E-state index is 11.9. The highest BCUT2D eigenvalue weighted by atomic mass is 16.5. The van der Waals surface area contributed by atoms with E-state index in [2.05, 4.69) is 15.3 Å². The summed E-state index contributed by atoms with van der Waals surface area (Å²) in [5, 5.41) is 2.77. The lowest BCUT2D eigenvalue weighted by atomic mass is 10.2. The van der Waals surface area contributed by atoms with Crippen molar-refractivity contribution >= 4 is 11.7 Å². The molecule has 6 heteroatoms. The average Bonchev–Trinajstić information content (AvgIpc) is 2.45. The fourth-order valence-electron chi connectivity index (χ4n) is 1.56. The topological polar surface area (TPSA) is 90.1 Å². The fraction of sp³-hybridized carbons (Fsp3) is 0.154. The normalized spacial score (nSPS) is 9.95. The molecule has 0 saturated carbocycles. The molecule has 0 radical (unpaired) electrons. The van der Waals surface area contributed by atoms with Crippen molar-refractivity contribution in [1.29, 1.82) is 0 Å². The minimum atomic E-state index is -0.263. The van der Waals surface area contributed by atoms with E-state index in [-0.39, 0.29) is 11.7 Å². The average molecular weight is 258 g/mol. The van der Waals surface area contributed by atoms with Gasteiger partial charge in [0.1, 0.15) is 5.82 Å². The third-order valence-corrected chi connectivity index (χ3v) is 2.54. The molecule has 0 aliphatic rings. The summed E-state index contributed by atoms with van der Waals surface area (Å²) < 4.78 is 5.01. The van der Waals surface area contributed by atoms with E-state index in [0.717, 1.165) is 5.56 Å². The van der Waals surface area contributed by atoms with Crippen LogP contribution in [0.1, 0.15) is 15.9 Å². The molecule has 0 bridgehead atoms. The number of rotatable bonds is 4. The predicted molar refractivity (Wildman–Crippen MR) is 70.6 cm³/mol. The number of hydrogen-bond donors (Lipinski definition) is 2. The number of ether oxygens (including phenoxy) is 1. The van der Waals surface area contributed by atoms with Gasteiger partial charge in [-0.05, 0) is 23.8 Å². The van der Waals surface area contributed by atoms with Gasteiger partial charge in [-0.25, -0.2) is 9.97 Å². The Hall–Kier alpha value is -2.63. The lowest BCUT2D eigenvalue weighted by Gasteiger charge is -2.07. The van der Waals surface area contributed by atoms with Gasteiger partial charge in [-0.2, -0.15) is 0 Å². The van der Waals surface area contributed by atoms with E-state index in [0.29, 0.717) is 18.0 Å². The zero-order chi connectivity index (χ0) is 13.7. The number of amides is 1. The predicted octanol–water partition coefficient (Wildman–Crippen LogP) is 0.997. The highest BCUT2D eigenvalue weighted by Gasteiger charge is 2.09. The number of anilines is 1. The van der Waals surface area contributed by atoms with Gasteiger partial charge in [0.15, 0.2) is 0 Å². The van der Waals surface area contributed by atoms with Crippen LogP contribution in [0.15, 0.2) is 36.7 Å². The Morgan fingerprint density at radius 1 is 1.37 bits per heavy atom. The molecule has 3 N–H and O–H groups in total. The van der Waals surface area contributed by atoms with Crippen molar-refractivity contribution in [3.8, 4) is 5.88 Å². The summed E-state index contributed by atoms with van der Waals surface area (Å²) in [6.07, 6.45) is 3.17. The molecule has 0 spiro atoms. The van der Waals surface area contributed by atoms with Crippen LogP contribution in [0.5, 0.6) is 5.88 Å². The molecule has 0 unspecified atom stereocenters. The number of aromatic nitrogens is 2. The summed E-state index contributed by atoms with van der Waals surface area (Å²) >= 11 is 0. The zero-order valence-corrected chi connectivity index (χ0v) is 10.5. The van der Waals surface area contributed by atoms with Crippen LogP contribution in [0.3, 0.4) is 0 Å². The highest BCUT2D eigenvalue weighted by Crippen LogP contribution is 2.10. The number of hydrogen-bond acceptors (Lipinski definition) is 5. The van der Waals surface area contributed by atoms with E-state index in [1.165, 1.54) is 0 Å². The molecule has 98 valence electrons. The first kappa shape index (κ1) is 12.8. The number of carbonyl (C=O) groups is 1. The molecule has 6 nitrogen and oxygen atoms in total. The van der Waals surface area contributed by atoms with Crippen LogP contribution in [-0.2, 0) is 6.54 Å². The van der Waals surface area contributed by atoms with E-state index in [1.54, 1.807) is 43.8 Å². The maximum Gasteiger partial charge on any atom is 0.255 e. The van der Waals surface area contributed by atoms with E-state index in [1.807, 2.05) is 0 Å². The van der Waals surface area contributed by atoms with E-state index in [9.17, 15) is 4.79 Å². The Morgan fingerprint density at radius 2 is 2.21 bits per heavy atom. The number of nitrogens with one attached hydrogen (secondary N) is 1. The van der Waals surface area contributed by atoms with Crippen molar-refractivity contribution in [1.82, 2.24) is 15.3 Å². The molecule has 0 fully saturated rings. The van der Waals surface area contributed by atoms with Crippen molar-refractivity contribution in [2.24, 2.45) is 0 Å². The van der Waals surface area contributed by atoms with Crippen molar-refractivity contribution in [3.63, 3.8) is 0 Å².